The lowest BCUT2D eigenvalue weighted by Crippen LogP contribution is -2.42. The van der Waals surface area contributed by atoms with Gasteiger partial charge in [0.2, 0.25) is 0 Å². The molecule has 2 N–H and O–H groups in total. The summed E-state index contributed by atoms with van der Waals surface area (Å²) in [5.74, 6) is 0.277. The van der Waals surface area contributed by atoms with Gasteiger partial charge in [0.15, 0.2) is 0 Å². The first kappa shape index (κ1) is 13.8. The summed E-state index contributed by atoms with van der Waals surface area (Å²) in [4.78, 5) is 15.3. The van der Waals surface area contributed by atoms with E-state index in [1.165, 1.54) is 10.9 Å². The molecule has 0 aliphatic heterocycles. The highest BCUT2D eigenvalue weighted by atomic mass is 16.1. The molecule has 1 heterocycles. The maximum Gasteiger partial charge on any atom is 0.149 e. The van der Waals surface area contributed by atoms with E-state index in [9.17, 15) is 4.79 Å². The van der Waals surface area contributed by atoms with Crippen molar-refractivity contribution >= 4 is 16.7 Å². The topological polar surface area (TPSA) is 44.9 Å². The summed E-state index contributed by atoms with van der Waals surface area (Å²) in [7, 11) is 0. The molecule has 0 aliphatic carbocycles. The van der Waals surface area contributed by atoms with Crippen molar-refractivity contribution in [3.8, 4) is 0 Å². The molecule has 1 aromatic heterocycles. The molecule has 0 fully saturated rings. The van der Waals surface area contributed by atoms with Crippen LogP contribution in [0.15, 0.2) is 30.5 Å². The third-order valence-corrected chi connectivity index (χ3v) is 3.37. The van der Waals surface area contributed by atoms with Crippen molar-refractivity contribution in [2.45, 2.75) is 45.7 Å². The zero-order valence-electron chi connectivity index (χ0n) is 11.9. The second-order valence-corrected chi connectivity index (χ2v) is 5.26. The highest BCUT2D eigenvalue weighted by Gasteiger charge is 2.19. The Labute approximate surface area is 114 Å². The highest BCUT2D eigenvalue weighted by Crippen LogP contribution is 2.19. The van der Waals surface area contributed by atoms with Gasteiger partial charge in [-0.2, -0.15) is 0 Å². The van der Waals surface area contributed by atoms with Crippen LogP contribution in [0.5, 0.6) is 0 Å². The molecule has 0 radical (unpaired) electrons. The molecule has 1 atom stereocenters. The average molecular weight is 258 g/mol. The second kappa shape index (κ2) is 6.02. The molecule has 1 unspecified atom stereocenters. The molecule has 0 aliphatic rings. The predicted molar refractivity (Wildman–Crippen MR) is 79.4 cm³/mol. The van der Waals surface area contributed by atoms with Crippen LogP contribution >= 0.6 is 0 Å². The molecule has 2 aromatic rings. The minimum absolute atomic E-state index is 0.0933. The number of rotatable bonds is 6. The smallest absolute Gasteiger partial charge is 0.149 e. The van der Waals surface area contributed by atoms with Gasteiger partial charge >= 0.3 is 0 Å². The summed E-state index contributed by atoms with van der Waals surface area (Å²) >= 11 is 0. The SMILES string of the molecule is CCC(=O)C(Cc1c[nH]c2ccccc12)NC(C)C. The van der Waals surface area contributed by atoms with Gasteiger partial charge in [0.05, 0.1) is 6.04 Å². The minimum Gasteiger partial charge on any atom is -0.361 e. The second-order valence-electron chi connectivity index (χ2n) is 5.26. The van der Waals surface area contributed by atoms with Gasteiger partial charge in [-0.3, -0.25) is 4.79 Å². The highest BCUT2D eigenvalue weighted by molar-refractivity contribution is 5.87. The third kappa shape index (κ3) is 3.24. The molecular weight excluding hydrogens is 236 g/mol. The number of fused-ring (bicyclic) bond motifs is 1. The van der Waals surface area contributed by atoms with Crippen molar-refractivity contribution in [3.63, 3.8) is 0 Å². The Hall–Kier alpha value is -1.61. The van der Waals surface area contributed by atoms with E-state index >= 15 is 0 Å². The van der Waals surface area contributed by atoms with Crippen molar-refractivity contribution in [1.29, 1.82) is 0 Å². The number of hydrogen-bond donors (Lipinski definition) is 2. The maximum absolute atomic E-state index is 12.0. The fraction of sp³-hybridized carbons (Fsp3) is 0.438. The number of benzene rings is 1. The number of nitrogens with one attached hydrogen (secondary N) is 2. The molecule has 102 valence electrons. The lowest BCUT2D eigenvalue weighted by Gasteiger charge is -2.19. The number of carbonyl (C=O) groups excluding carboxylic acids is 1. The Bertz CT molecular complexity index is 557. The van der Waals surface area contributed by atoms with Gasteiger partial charge in [0.25, 0.3) is 0 Å². The molecule has 3 heteroatoms. The first-order valence-corrected chi connectivity index (χ1v) is 6.95. The van der Waals surface area contributed by atoms with E-state index < -0.39 is 0 Å². The summed E-state index contributed by atoms with van der Waals surface area (Å²) in [6, 6.07) is 8.43. The number of carbonyl (C=O) groups is 1. The third-order valence-electron chi connectivity index (χ3n) is 3.37. The van der Waals surface area contributed by atoms with Crippen molar-refractivity contribution in [2.75, 3.05) is 0 Å². The Morgan fingerprint density at radius 2 is 2.05 bits per heavy atom. The van der Waals surface area contributed by atoms with Crippen LogP contribution in [-0.2, 0) is 11.2 Å². The molecule has 0 amide bonds. The van der Waals surface area contributed by atoms with E-state index in [1.807, 2.05) is 25.3 Å². The molecule has 19 heavy (non-hydrogen) atoms. The van der Waals surface area contributed by atoms with Crippen molar-refractivity contribution in [3.05, 3.63) is 36.0 Å². The van der Waals surface area contributed by atoms with Crippen molar-refractivity contribution in [1.82, 2.24) is 10.3 Å². The molecule has 0 spiro atoms. The van der Waals surface area contributed by atoms with Crippen LogP contribution in [0.4, 0.5) is 0 Å². The fourth-order valence-electron chi connectivity index (χ4n) is 2.43. The number of Topliss-reactive ketones (excluding diaryl/α,β-unsaturated/α-hetero) is 1. The van der Waals surface area contributed by atoms with Gasteiger partial charge in [0.1, 0.15) is 5.78 Å². The molecular formula is C16H22N2O. The number of aromatic nitrogens is 1. The summed E-state index contributed by atoms with van der Waals surface area (Å²) < 4.78 is 0. The lowest BCUT2D eigenvalue weighted by molar-refractivity contribution is -0.120. The summed E-state index contributed by atoms with van der Waals surface area (Å²) in [6.07, 6.45) is 3.34. The Kier molecular flexibility index (Phi) is 4.38. The largest absolute Gasteiger partial charge is 0.361 e. The van der Waals surface area contributed by atoms with Crippen LogP contribution in [0.25, 0.3) is 10.9 Å². The number of ketones is 1. The molecule has 0 saturated carbocycles. The van der Waals surface area contributed by atoms with E-state index in [1.54, 1.807) is 0 Å². The fourth-order valence-corrected chi connectivity index (χ4v) is 2.43. The number of aromatic amines is 1. The summed E-state index contributed by atoms with van der Waals surface area (Å²) in [6.45, 7) is 6.07. The van der Waals surface area contributed by atoms with Gasteiger partial charge in [-0.1, -0.05) is 39.0 Å². The maximum atomic E-state index is 12.0. The Morgan fingerprint density at radius 1 is 1.32 bits per heavy atom. The monoisotopic (exact) mass is 258 g/mol. The van der Waals surface area contributed by atoms with Crippen LogP contribution in [0, 0.1) is 0 Å². The number of H-pyrrole nitrogens is 1. The molecule has 2 rings (SSSR count). The Balaban J connectivity index is 2.23. The lowest BCUT2D eigenvalue weighted by atomic mass is 10.00. The number of hydrogen-bond acceptors (Lipinski definition) is 2. The van der Waals surface area contributed by atoms with Crippen LogP contribution in [0.3, 0.4) is 0 Å². The van der Waals surface area contributed by atoms with Crippen LogP contribution < -0.4 is 5.32 Å². The number of para-hydroxylation sites is 1. The van der Waals surface area contributed by atoms with Crippen molar-refractivity contribution < 1.29 is 4.79 Å². The predicted octanol–water partition coefficient (Wildman–Crippen LogP) is 3.06. The zero-order chi connectivity index (χ0) is 13.8. The normalized spacial score (nSPS) is 13.1. The molecule has 3 nitrogen and oxygen atoms in total. The van der Waals surface area contributed by atoms with E-state index in [4.69, 9.17) is 0 Å². The van der Waals surface area contributed by atoms with Crippen LogP contribution in [0.2, 0.25) is 0 Å². The van der Waals surface area contributed by atoms with Gasteiger partial charge in [0, 0.05) is 29.6 Å². The van der Waals surface area contributed by atoms with Gasteiger partial charge in [-0.05, 0) is 18.1 Å². The van der Waals surface area contributed by atoms with E-state index in [2.05, 4.69) is 36.3 Å². The zero-order valence-corrected chi connectivity index (χ0v) is 11.9. The molecule has 1 aromatic carbocycles. The minimum atomic E-state index is -0.0933. The van der Waals surface area contributed by atoms with Gasteiger partial charge in [-0.15, -0.1) is 0 Å². The van der Waals surface area contributed by atoms with Gasteiger partial charge < -0.3 is 10.3 Å². The van der Waals surface area contributed by atoms with E-state index in [0.717, 1.165) is 11.9 Å². The van der Waals surface area contributed by atoms with Crippen molar-refractivity contribution in [2.24, 2.45) is 0 Å². The van der Waals surface area contributed by atoms with Gasteiger partial charge in [-0.25, -0.2) is 0 Å². The molecule has 0 saturated heterocycles. The summed E-state index contributed by atoms with van der Waals surface area (Å²) in [5, 5.41) is 4.58. The average Bonchev–Trinajstić information content (AvgIpc) is 2.80. The quantitative estimate of drug-likeness (QED) is 0.836. The molecule has 0 bridgehead atoms. The summed E-state index contributed by atoms with van der Waals surface area (Å²) in [5.41, 5.74) is 2.33. The van der Waals surface area contributed by atoms with E-state index in [-0.39, 0.29) is 11.8 Å². The first-order chi connectivity index (χ1) is 9.11. The first-order valence-electron chi connectivity index (χ1n) is 6.95. The van der Waals surface area contributed by atoms with Crippen LogP contribution in [-0.4, -0.2) is 22.9 Å². The standard InChI is InChI=1S/C16H22N2O/c1-4-16(19)15(18-11(2)3)9-12-10-17-14-8-6-5-7-13(12)14/h5-8,10-11,15,17-18H,4,9H2,1-3H3. The van der Waals surface area contributed by atoms with Crippen LogP contribution in [0.1, 0.15) is 32.8 Å². The van der Waals surface area contributed by atoms with E-state index in [0.29, 0.717) is 12.5 Å². The Morgan fingerprint density at radius 3 is 2.74 bits per heavy atom.